The molecule has 1 N–H and O–H groups in total. The summed E-state index contributed by atoms with van der Waals surface area (Å²) in [6.07, 6.45) is 3.33. The minimum Gasteiger partial charge on any atom is -0.367 e. The van der Waals surface area contributed by atoms with Crippen molar-refractivity contribution in [3.05, 3.63) is 17.3 Å². The SMILES string of the molecule is CC(CCNc1nc(Cl)ncc1F)S(C)=O. The van der Waals surface area contributed by atoms with Crippen LogP contribution in [0.25, 0.3) is 0 Å². The van der Waals surface area contributed by atoms with Gasteiger partial charge in [-0.2, -0.15) is 4.98 Å². The normalized spacial score (nSPS) is 14.5. The quantitative estimate of drug-likeness (QED) is 0.826. The van der Waals surface area contributed by atoms with Crippen LogP contribution in [0.2, 0.25) is 5.28 Å². The summed E-state index contributed by atoms with van der Waals surface area (Å²) in [4.78, 5) is 7.21. The molecule has 1 rings (SSSR count). The fourth-order valence-electron chi connectivity index (χ4n) is 1.03. The number of halogens is 2. The van der Waals surface area contributed by atoms with E-state index in [-0.39, 0.29) is 16.4 Å². The van der Waals surface area contributed by atoms with Gasteiger partial charge >= 0.3 is 0 Å². The van der Waals surface area contributed by atoms with Crippen molar-refractivity contribution in [1.82, 2.24) is 9.97 Å². The molecule has 16 heavy (non-hydrogen) atoms. The number of aromatic nitrogens is 2. The molecule has 0 aliphatic carbocycles. The Hall–Kier alpha value is -0.750. The fraction of sp³-hybridized carbons (Fsp3) is 0.556. The molecule has 7 heteroatoms. The molecule has 0 aromatic carbocycles. The summed E-state index contributed by atoms with van der Waals surface area (Å²) in [6.45, 7) is 2.37. The molecule has 1 aromatic rings. The second-order valence-electron chi connectivity index (χ2n) is 3.36. The molecule has 90 valence electrons. The topological polar surface area (TPSA) is 54.9 Å². The van der Waals surface area contributed by atoms with Crippen LogP contribution in [0.15, 0.2) is 6.20 Å². The van der Waals surface area contributed by atoms with E-state index >= 15 is 0 Å². The lowest BCUT2D eigenvalue weighted by Crippen LogP contribution is -2.16. The molecule has 0 fully saturated rings. The van der Waals surface area contributed by atoms with Gasteiger partial charge < -0.3 is 5.32 Å². The zero-order valence-electron chi connectivity index (χ0n) is 9.04. The van der Waals surface area contributed by atoms with E-state index in [0.29, 0.717) is 13.0 Å². The first-order valence-electron chi connectivity index (χ1n) is 4.75. The Labute approximate surface area is 101 Å². The molecule has 0 saturated carbocycles. The van der Waals surface area contributed by atoms with Crippen molar-refractivity contribution in [2.45, 2.75) is 18.6 Å². The molecule has 2 unspecified atom stereocenters. The van der Waals surface area contributed by atoms with E-state index in [2.05, 4.69) is 15.3 Å². The van der Waals surface area contributed by atoms with Gasteiger partial charge in [-0.3, -0.25) is 4.21 Å². The van der Waals surface area contributed by atoms with Crippen molar-refractivity contribution in [1.29, 1.82) is 0 Å². The molecule has 4 nitrogen and oxygen atoms in total. The van der Waals surface area contributed by atoms with Crippen LogP contribution < -0.4 is 5.32 Å². The maximum atomic E-state index is 13.1. The van der Waals surface area contributed by atoms with Gasteiger partial charge in [-0.15, -0.1) is 0 Å². The molecule has 2 atom stereocenters. The first-order valence-corrected chi connectivity index (χ1v) is 6.74. The molecule has 0 bridgehead atoms. The van der Waals surface area contributed by atoms with Crippen LogP contribution in [0.3, 0.4) is 0 Å². The third kappa shape index (κ3) is 4.02. The first-order chi connectivity index (χ1) is 7.50. The lowest BCUT2D eigenvalue weighted by atomic mass is 10.3. The van der Waals surface area contributed by atoms with Gasteiger partial charge in [0, 0.05) is 28.9 Å². The monoisotopic (exact) mass is 265 g/mol. The lowest BCUT2D eigenvalue weighted by Gasteiger charge is -2.09. The van der Waals surface area contributed by atoms with Crippen molar-refractivity contribution in [2.24, 2.45) is 0 Å². The highest BCUT2D eigenvalue weighted by atomic mass is 35.5. The standard InChI is InChI=1S/C9H13ClFN3OS/c1-6(16(2)15)3-4-12-8-7(11)5-13-9(10)14-8/h5-6H,3-4H2,1-2H3,(H,12,13,14). The average Bonchev–Trinajstić information content (AvgIpc) is 2.22. The van der Waals surface area contributed by atoms with Gasteiger partial charge in [0.15, 0.2) is 11.6 Å². The molecule has 0 amide bonds. The maximum absolute atomic E-state index is 13.1. The molecule has 0 radical (unpaired) electrons. The summed E-state index contributed by atoms with van der Waals surface area (Å²) in [5.74, 6) is -0.469. The van der Waals surface area contributed by atoms with E-state index in [1.54, 1.807) is 6.26 Å². The summed E-state index contributed by atoms with van der Waals surface area (Å²) >= 11 is 5.53. The molecule has 0 aliphatic heterocycles. The van der Waals surface area contributed by atoms with Crippen LogP contribution in [0.5, 0.6) is 0 Å². The molecule has 0 saturated heterocycles. The zero-order valence-corrected chi connectivity index (χ0v) is 10.6. The lowest BCUT2D eigenvalue weighted by molar-refractivity contribution is 0.615. The second-order valence-corrected chi connectivity index (χ2v) is 5.50. The van der Waals surface area contributed by atoms with Crippen LogP contribution in [-0.4, -0.2) is 32.2 Å². The van der Waals surface area contributed by atoms with Crippen molar-refractivity contribution in [3.8, 4) is 0 Å². The first kappa shape index (κ1) is 13.3. The van der Waals surface area contributed by atoms with Crippen LogP contribution >= 0.6 is 11.6 Å². The number of anilines is 1. The minimum atomic E-state index is -0.871. The number of nitrogens with zero attached hydrogens (tertiary/aromatic N) is 2. The van der Waals surface area contributed by atoms with Gasteiger partial charge in [0.25, 0.3) is 0 Å². The predicted octanol–water partition coefficient (Wildman–Crippen LogP) is 1.84. The van der Waals surface area contributed by atoms with E-state index in [1.165, 1.54) is 0 Å². The number of hydrogen-bond acceptors (Lipinski definition) is 4. The summed E-state index contributed by atoms with van der Waals surface area (Å²) in [5.41, 5.74) is 0. The Balaban J connectivity index is 2.48. The summed E-state index contributed by atoms with van der Waals surface area (Å²) < 4.78 is 24.2. The third-order valence-electron chi connectivity index (χ3n) is 2.12. The van der Waals surface area contributed by atoms with Crippen molar-refractivity contribution in [3.63, 3.8) is 0 Å². The number of nitrogens with one attached hydrogen (secondary N) is 1. The summed E-state index contributed by atoms with van der Waals surface area (Å²) in [7, 11) is -0.871. The highest BCUT2D eigenvalue weighted by Gasteiger charge is 2.08. The van der Waals surface area contributed by atoms with Gasteiger partial charge in [0.05, 0.1) is 6.20 Å². The van der Waals surface area contributed by atoms with E-state index < -0.39 is 16.6 Å². The number of hydrogen-bond donors (Lipinski definition) is 1. The smallest absolute Gasteiger partial charge is 0.224 e. The fourth-order valence-corrected chi connectivity index (χ4v) is 1.61. The average molecular weight is 266 g/mol. The van der Waals surface area contributed by atoms with E-state index in [9.17, 15) is 8.60 Å². The molecule has 1 aromatic heterocycles. The van der Waals surface area contributed by atoms with E-state index in [0.717, 1.165) is 6.20 Å². The van der Waals surface area contributed by atoms with Crippen LogP contribution in [-0.2, 0) is 10.8 Å². The van der Waals surface area contributed by atoms with Gasteiger partial charge in [-0.1, -0.05) is 6.92 Å². The Morgan fingerprint density at radius 2 is 2.38 bits per heavy atom. The summed E-state index contributed by atoms with van der Waals surface area (Å²) in [5, 5.41) is 2.85. The highest BCUT2D eigenvalue weighted by Crippen LogP contribution is 2.12. The van der Waals surface area contributed by atoms with Crippen LogP contribution in [0.1, 0.15) is 13.3 Å². The minimum absolute atomic E-state index is 0.00369. The Bertz CT molecular complexity index is 391. The largest absolute Gasteiger partial charge is 0.367 e. The van der Waals surface area contributed by atoms with E-state index in [1.807, 2.05) is 6.92 Å². The Kier molecular flexibility index (Phi) is 5.08. The zero-order chi connectivity index (χ0) is 12.1. The summed E-state index contributed by atoms with van der Waals surface area (Å²) in [6, 6.07) is 0. The van der Waals surface area contributed by atoms with Gasteiger partial charge in [0.1, 0.15) is 0 Å². The molecular weight excluding hydrogens is 253 g/mol. The third-order valence-corrected chi connectivity index (χ3v) is 3.68. The van der Waals surface area contributed by atoms with E-state index in [4.69, 9.17) is 11.6 Å². The maximum Gasteiger partial charge on any atom is 0.224 e. The number of rotatable bonds is 5. The Morgan fingerprint density at radius 3 is 3.00 bits per heavy atom. The van der Waals surface area contributed by atoms with Crippen molar-refractivity contribution < 1.29 is 8.60 Å². The molecule has 1 heterocycles. The Morgan fingerprint density at radius 1 is 1.69 bits per heavy atom. The highest BCUT2D eigenvalue weighted by molar-refractivity contribution is 7.84. The predicted molar refractivity (Wildman–Crippen MR) is 63.6 cm³/mol. The second kappa shape index (κ2) is 6.10. The molecule has 0 spiro atoms. The van der Waals surface area contributed by atoms with Gasteiger partial charge in [0.2, 0.25) is 5.28 Å². The van der Waals surface area contributed by atoms with Crippen molar-refractivity contribution in [2.75, 3.05) is 18.1 Å². The van der Waals surface area contributed by atoms with Crippen LogP contribution in [0, 0.1) is 5.82 Å². The molecular formula is C9H13ClFN3OS. The van der Waals surface area contributed by atoms with Gasteiger partial charge in [-0.25, -0.2) is 9.37 Å². The van der Waals surface area contributed by atoms with Crippen molar-refractivity contribution >= 4 is 28.2 Å². The molecule has 0 aliphatic rings. The van der Waals surface area contributed by atoms with Gasteiger partial charge in [-0.05, 0) is 18.0 Å². The van der Waals surface area contributed by atoms with Crippen LogP contribution in [0.4, 0.5) is 10.2 Å².